The molecular weight excluding hydrogens is 302 g/mol. The van der Waals surface area contributed by atoms with Crippen LogP contribution in [0.1, 0.15) is 58.3 Å². The molecule has 2 aromatic heterocycles. The SMILES string of the molecule is CC(C)c1c(-c2cc3c(s2)CCCC3)sc(C(=O)O)c1N. The molecule has 0 unspecified atom stereocenters. The zero-order valence-electron chi connectivity index (χ0n) is 12.2. The van der Waals surface area contributed by atoms with Crippen LogP contribution >= 0.6 is 22.7 Å². The fourth-order valence-electron chi connectivity index (χ4n) is 2.97. The summed E-state index contributed by atoms with van der Waals surface area (Å²) in [5.74, 6) is -0.699. The highest BCUT2D eigenvalue weighted by Gasteiger charge is 2.25. The van der Waals surface area contributed by atoms with Crippen molar-refractivity contribution < 1.29 is 9.90 Å². The third-order valence-corrected chi connectivity index (χ3v) is 6.60. The topological polar surface area (TPSA) is 63.3 Å². The van der Waals surface area contributed by atoms with Crippen molar-refractivity contribution in [1.29, 1.82) is 0 Å². The lowest BCUT2D eigenvalue weighted by atomic mass is 9.98. The maximum Gasteiger partial charge on any atom is 0.348 e. The van der Waals surface area contributed by atoms with Crippen molar-refractivity contribution in [3.8, 4) is 9.75 Å². The first-order valence-electron chi connectivity index (χ1n) is 7.26. The van der Waals surface area contributed by atoms with E-state index in [9.17, 15) is 9.90 Å². The van der Waals surface area contributed by atoms with Gasteiger partial charge in [0.05, 0.1) is 10.6 Å². The summed E-state index contributed by atoms with van der Waals surface area (Å²) in [6.45, 7) is 4.14. The van der Waals surface area contributed by atoms with Gasteiger partial charge in [0.1, 0.15) is 4.88 Å². The van der Waals surface area contributed by atoms with E-state index in [-0.39, 0.29) is 10.8 Å². The van der Waals surface area contributed by atoms with Crippen LogP contribution in [0.15, 0.2) is 6.07 Å². The molecule has 0 aromatic carbocycles. The molecule has 3 rings (SSSR count). The van der Waals surface area contributed by atoms with Gasteiger partial charge in [0, 0.05) is 9.75 Å². The van der Waals surface area contributed by atoms with Crippen molar-refractivity contribution in [3.63, 3.8) is 0 Å². The first-order chi connectivity index (χ1) is 9.99. The van der Waals surface area contributed by atoms with E-state index < -0.39 is 5.97 Å². The molecule has 2 aromatic rings. The molecule has 5 heteroatoms. The number of hydrogen-bond donors (Lipinski definition) is 2. The zero-order chi connectivity index (χ0) is 15.1. The first kappa shape index (κ1) is 14.6. The van der Waals surface area contributed by atoms with E-state index in [0.717, 1.165) is 23.3 Å². The number of carboxylic acid groups (broad SMARTS) is 1. The van der Waals surface area contributed by atoms with E-state index in [1.54, 1.807) is 0 Å². The predicted octanol–water partition coefficient (Wildman–Crippen LogP) is 4.76. The highest BCUT2D eigenvalue weighted by atomic mass is 32.1. The Bertz CT molecular complexity index is 674. The summed E-state index contributed by atoms with van der Waals surface area (Å²) >= 11 is 3.14. The van der Waals surface area contributed by atoms with Gasteiger partial charge < -0.3 is 10.8 Å². The number of fused-ring (bicyclic) bond motifs is 1. The second kappa shape index (κ2) is 5.46. The second-order valence-corrected chi connectivity index (χ2v) is 7.97. The Balaban J connectivity index is 2.15. The Morgan fingerprint density at radius 3 is 2.62 bits per heavy atom. The van der Waals surface area contributed by atoms with Gasteiger partial charge in [-0.2, -0.15) is 0 Å². The Kier molecular flexibility index (Phi) is 3.80. The molecule has 3 nitrogen and oxygen atoms in total. The van der Waals surface area contributed by atoms with Crippen LogP contribution in [0.3, 0.4) is 0 Å². The Hall–Kier alpha value is -1.33. The lowest BCUT2D eigenvalue weighted by molar-refractivity contribution is 0.0703. The molecule has 0 saturated carbocycles. The van der Waals surface area contributed by atoms with Gasteiger partial charge in [0.25, 0.3) is 0 Å². The molecule has 0 saturated heterocycles. The molecule has 0 atom stereocenters. The van der Waals surface area contributed by atoms with Crippen LogP contribution in [0.5, 0.6) is 0 Å². The molecule has 0 spiro atoms. The molecule has 112 valence electrons. The summed E-state index contributed by atoms with van der Waals surface area (Å²) in [6, 6.07) is 2.25. The Morgan fingerprint density at radius 1 is 1.29 bits per heavy atom. The lowest BCUT2D eigenvalue weighted by Gasteiger charge is -2.08. The van der Waals surface area contributed by atoms with Crippen LogP contribution in [-0.2, 0) is 12.8 Å². The van der Waals surface area contributed by atoms with Crippen LogP contribution in [0.25, 0.3) is 9.75 Å². The molecule has 2 heterocycles. The highest BCUT2D eigenvalue weighted by molar-refractivity contribution is 7.23. The molecule has 0 fully saturated rings. The third-order valence-electron chi connectivity index (χ3n) is 3.98. The number of aryl methyl sites for hydroxylation is 2. The standard InChI is InChI=1S/C16H19NO2S2/c1-8(2)12-13(17)15(16(18)19)21-14(12)11-7-9-5-3-4-6-10(9)20-11/h7-8H,3-6,17H2,1-2H3,(H,18,19). The number of hydrogen-bond acceptors (Lipinski definition) is 4. The normalized spacial score (nSPS) is 14.4. The summed E-state index contributed by atoms with van der Waals surface area (Å²) in [7, 11) is 0. The summed E-state index contributed by atoms with van der Waals surface area (Å²) in [5, 5.41) is 9.33. The smallest absolute Gasteiger partial charge is 0.348 e. The summed E-state index contributed by atoms with van der Waals surface area (Å²) in [5.41, 5.74) is 8.99. The molecule has 0 aliphatic heterocycles. The minimum absolute atomic E-state index is 0.225. The van der Waals surface area contributed by atoms with Crippen LogP contribution in [0.2, 0.25) is 0 Å². The number of aromatic carboxylic acids is 1. The van der Waals surface area contributed by atoms with E-state index in [2.05, 4.69) is 19.9 Å². The van der Waals surface area contributed by atoms with Crippen LogP contribution in [0, 0.1) is 0 Å². The number of carboxylic acids is 1. The van der Waals surface area contributed by atoms with Crippen molar-refractivity contribution in [2.45, 2.75) is 45.4 Å². The molecule has 1 aliphatic rings. The third kappa shape index (κ3) is 2.49. The fourth-order valence-corrected chi connectivity index (χ4v) is 5.56. The molecule has 0 bridgehead atoms. The number of thiophene rings is 2. The zero-order valence-corrected chi connectivity index (χ0v) is 13.9. The van der Waals surface area contributed by atoms with Crippen LogP contribution < -0.4 is 5.73 Å². The van der Waals surface area contributed by atoms with Crippen molar-refractivity contribution in [3.05, 3.63) is 26.9 Å². The molecule has 3 N–H and O–H groups in total. The maximum atomic E-state index is 11.4. The average Bonchev–Trinajstić information content (AvgIpc) is 2.98. The number of anilines is 1. The van der Waals surface area contributed by atoms with Gasteiger partial charge in [-0.05, 0) is 48.8 Å². The molecule has 1 aliphatic carbocycles. The van der Waals surface area contributed by atoms with Crippen molar-refractivity contribution >= 4 is 34.3 Å². The molecule has 0 radical (unpaired) electrons. The summed E-state index contributed by atoms with van der Waals surface area (Å²) in [6.07, 6.45) is 4.82. The van der Waals surface area contributed by atoms with Crippen molar-refractivity contribution in [2.24, 2.45) is 0 Å². The maximum absolute atomic E-state index is 11.4. The first-order valence-corrected chi connectivity index (χ1v) is 8.89. The van der Waals surface area contributed by atoms with E-state index in [1.165, 1.54) is 39.5 Å². The fraction of sp³-hybridized carbons (Fsp3) is 0.438. The highest BCUT2D eigenvalue weighted by Crippen LogP contribution is 2.46. The van der Waals surface area contributed by atoms with Gasteiger partial charge in [-0.3, -0.25) is 0 Å². The van der Waals surface area contributed by atoms with Gasteiger partial charge in [0.2, 0.25) is 0 Å². The Labute approximate surface area is 132 Å². The number of nitrogens with two attached hydrogens (primary N) is 1. The van der Waals surface area contributed by atoms with Gasteiger partial charge in [-0.1, -0.05) is 13.8 Å². The number of rotatable bonds is 3. The van der Waals surface area contributed by atoms with E-state index in [0.29, 0.717) is 5.69 Å². The van der Waals surface area contributed by atoms with Gasteiger partial charge >= 0.3 is 5.97 Å². The lowest BCUT2D eigenvalue weighted by Crippen LogP contribution is -2.00. The van der Waals surface area contributed by atoms with E-state index >= 15 is 0 Å². The number of nitrogen functional groups attached to an aromatic ring is 1. The average molecular weight is 321 g/mol. The monoisotopic (exact) mass is 321 g/mol. The van der Waals surface area contributed by atoms with E-state index in [4.69, 9.17) is 5.73 Å². The minimum atomic E-state index is -0.924. The molecule has 21 heavy (non-hydrogen) atoms. The largest absolute Gasteiger partial charge is 0.477 e. The van der Waals surface area contributed by atoms with Gasteiger partial charge in [-0.25, -0.2) is 4.79 Å². The second-order valence-electron chi connectivity index (χ2n) is 5.81. The molecule has 0 amide bonds. The van der Waals surface area contributed by atoms with Gasteiger partial charge in [0.15, 0.2) is 0 Å². The predicted molar refractivity (Wildman–Crippen MR) is 89.7 cm³/mol. The summed E-state index contributed by atoms with van der Waals surface area (Å²) < 4.78 is 0. The minimum Gasteiger partial charge on any atom is -0.477 e. The quantitative estimate of drug-likeness (QED) is 0.856. The Morgan fingerprint density at radius 2 is 2.00 bits per heavy atom. The van der Waals surface area contributed by atoms with Crippen LogP contribution in [0.4, 0.5) is 5.69 Å². The van der Waals surface area contributed by atoms with Crippen LogP contribution in [-0.4, -0.2) is 11.1 Å². The summed E-state index contributed by atoms with van der Waals surface area (Å²) in [4.78, 5) is 15.4. The van der Waals surface area contributed by atoms with Crippen molar-refractivity contribution in [1.82, 2.24) is 0 Å². The molecular formula is C16H19NO2S2. The van der Waals surface area contributed by atoms with Gasteiger partial charge in [-0.15, -0.1) is 22.7 Å². The number of carbonyl (C=O) groups is 1. The van der Waals surface area contributed by atoms with E-state index in [1.807, 2.05) is 11.3 Å². The van der Waals surface area contributed by atoms with Crippen molar-refractivity contribution in [2.75, 3.05) is 5.73 Å².